The van der Waals surface area contributed by atoms with E-state index in [0.717, 1.165) is 5.56 Å². The number of aromatic nitrogens is 1. The molecule has 2 N–H and O–H groups in total. The lowest BCUT2D eigenvalue weighted by Crippen LogP contribution is -2.43. The van der Waals surface area contributed by atoms with E-state index in [0.29, 0.717) is 10.6 Å². The molecule has 0 spiro atoms. The molecule has 0 radical (unpaired) electrons. The Morgan fingerprint density at radius 2 is 1.85 bits per heavy atom. The molecule has 0 aliphatic heterocycles. The normalized spacial score (nSPS) is 10.2. The van der Waals surface area contributed by atoms with Gasteiger partial charge in [0.05, 0.1) is 0 Å². The quantitative estimate of drug-likeness (QED) is 0.518. The molecular formula is C17H13N3O4S2. The van der Waals surface area contributed by atoms with Gasteiger partial charge in [0.2, 0.25) is 0 Å². The smallest absolute Gasteiger partial charge is 0.358 e. The summed E-state index contributed by atoms with van der Waals surface area (Å²) in [5, 5.41) is 6.13. The molecule has 0 aliphatic carbocycles. The highest BCUT2D eigenvalue weighted by molar-refractivity contribution is 7.14. The number of thiophene rings is 1. The minimum Gasteiger partial charge on any atom is -0.451 e. The Labute approximate surface area is 156 Å². The van der Waals surface area contributed by atoms with Gasteiger partial charge in [0, 0.05) is 21.9 Å². The van der Waals surface area contributed by atoms with E-state index >= 15 is 0 Å². The van der Waals surface area contributed by atoms with E-state index in [1.165, 1.54) is 22.7 Å². The Morgan fingerprint density at radius 1 is 1.04 bits per heavy atom. The van der Waals surface area contributed by atoms with Crippen LogP contribution in [0.4, 0.5) is 0 Å². The van der Waals surface area contributed by atoms with Gasteiger partial charge in [0.1, 0.15) is 5.01 Å². The molecule has 26 heavy (non-hydrogen) atoms. The number of nitrogens with one attached hydrogen (secondary N) is 2. The fourth-order valence-electron chi connectivity index (χ4n) is 1.92. The zero-order chi connectivity index (χ0) is 18.4. The molecule has 2 heterocycles. The predicted molar refractivity (Wildman–Crippen MR) is 97.8 cm³/mol. The number of nitrogens with zero attached hydrogens (tertiary/aromatic N) is 1. The molecule has 7 nitrogen and oxygen atoms in total. The second-order valence-corrected chi connectivity index (χ2v) is 6.63. The van der Waals surface area contributed by atoms with Crippen molar-refractivity contribution < 1.29 is 19.1 Å². The van der Waals surface area contributed by atoms with Crippen LogP contribution in [0.15, 0.2) is 52.5 Å². The van der Waals surface area contributed by atoms with Gasteiger partial charge < -0.3 is 4.74 Å². The van der Waals surface area contributed by atoms with Gasteiger partial charge in [-0.05, 0) is 23.6 Å². The number of carbonyl (C=O) groups is 3. The summed E-state index contributed by atoms with van der Waals surface area (Å²) in [6.45, 7) is -0.529. The molecule has 0 saturated heterocycles. The van der Waals surface area contributed by atoms with Crippen LogP contribution < -0.4 is 10.9 Å². The van der Waals surface area contributed by atoms with Gasteiger partial charge in [-0.15, -0.1) is 11.3 Å². The molecule has 0 atom stereocenters. The van der Waals surface area contributed by atoms with Crippen molar-refractivity contribution in [2.75, 3.05) is 6.61 Å². The Kier molecular flexibility index (Phi) is 5.72. The molecule has 0 bridgehead atoms. The summed E-state index contributed by atoms with van der Waals surface area (Å²) in [5.74, 6) is -1.83. The first-order valence-electron chi connectivity index (χ1n) is 7.43. The molecule has 0 saturated carbocycles. The third-order valence-corrected chi connectivity index (χ3v) is 4.74. The molecule has 132 valence electrons. The van der Waals surface area contributed by atoms with Crippen LogP contribution in [0.25, 0.3) is 10.6 Å². The highest BCUT2D eigenvalue weighted by atomic mass is 32.1. The second-order valence-electron chi connectivity index (χ2n) is 4.99. The van der Waals surface area contributed by atoms with Crippen LogP contribution in [0.3, 0.4) is 0 Å². The minimum atomic E-state index is -0.702. The maximum atomic E-state index is 11.9. The molecule has 2 aromatic heterocycles. The molecule has 9 heteroatoms. The van der Waals surface area contributed by atoms with Gasteiger partial charge in [-0.2, -0.15) is 11.3 Å². The summed E-state index contributed by atoms with van der Waals surface area (Å²) in [5.41, 5.74) is 5.89. The molecule has 0 fully saturated rings. The van der Waals surface area contributed by atoms with Crippen LogP contribution in [0.5, 0.6) is 0 Å². The van der Waals surface area contributed by atoms with E-state index in [-0.39, 0.29) is 5.69 Å². The van der Waals surface area contributed by atoms with Gasteiger partial charge >= 0.3 is 5.97 Å². The molecule has 0 unspecified atom stereocenters. The summed E-state index contributed by atoms with van der Waals surface area (Å²) in [7, 11) is 0. The lowest BCUT2D eigenvalue weighted by atomic mass is 10.2. The Bertz CT molecular complexity index is 907. The Balaban J connectivity index is 1.45. The van der Waals surface area contributed by atoms with Crippen molar-refractivity contribution in [3.05, 3.63) is 63.8 Å². The van der Waals surface area contributed by atoms with E-state index in [4.69, 9.17) is 4.74 Å². The molecule has 0 aliphatic rings. The number of hydrogen-bond donors (Lipinski definition) is 2. The molecule has 3 aromatic rings. The zero-order valence-electron chi connectivity index (χ0n) is 13.3. The number of ether oxygens (including phenoxy) is 1. The van der Waals surface area contributed by atoms with Crippen molar-refractivity contribution >= 4 is 40.5 Å². The topological polar surface area (TPSA) is 97.4 Å². The monoisotopic (exact) mass is 387 g/mol. The van der Waals surface area contributed by atoms with Crippen LogP contribution in [0, 0.1) is 0 Å². The van der Waals surface area contributed by atoms with Crippen molar-refractivity contribution in [1.82, 2.24) is 15.8 Å². The summed E-state index contributed by atoms with van der Waals surface area (Å²) in [6, 6.07) is 10.3. The van der Waals surface area contributed by atoms with E-state index in [9.17, 15) is 14.4 Å². The average molecular weight is 387 g/mol. The molecule has 1 aromatic carbocycles. The van der Waals surface area contributed by atoms with Crippen LogP contribution in [0.2, 0.25) is 0 Å². The average Bonchev–Trinajstić information content (AvgIpc) is 3.36. The fraction of sp³-hybridized carbons (Fsp3) is 0.0588. The van der Waals surface area contributed by atoms with E-state index in [1.54, 1.807) is 35.7 Å². The van der Waals surface area contributed by atoms with Crippen LogP contribution >= 0.6 is 22.7 Å². The first kappa shape index (κ1) is 17.8. The van der Waals surface area contributed by atoms with Crippen LogP contribution in [-0.4, -0.2) is 29.4 Å². The lowest BCUT2D eigenvalue weighted by molar-refractivity contribution is -0.125. The van der Waals surface area contributed by atoms with Gasteiger partial charge in [0.25, 0.3) is 11.8 Å². The third kappa shape index (κ3) is 4.52. The number of hydrazine groups is 1. The molecule has 2 amide bonds. The lowest BCUT2D eigenvalue weighted by Gasteiger charge is -2.07. The van der Waals surface area contributed by atoms with Crippen molar-refractivity contribution in [1.29, 1.82) is 0 Å². The number of thiazole rings is 1. The number of carbonyl (C=O) groups excluding carboxylic acids is 3. The summed E-state index contributed by atoms with van der Waals surface area (Å²) in [6.07, 6.45) is 0. The highest BCUT2D eigenvalue weighted by Crippen LogP contribution is 2.25. The van der Waals surface area contributed by atoms with Crippen molar-refractivity contribution in [2.24, 2.45) is 0 Å². The van der Waals surface area contributed by atoms with Crippen LogP contribution in [0.1, 0.15) is 20.8 Å². The first-order chi connectivity index (χ1) is 12.6. The van der Waals surface area contributed by atoms with Crippen molar-refractivity contribution in [3.8, 4) is 10.6 Å². The van der Waals surface area contributed by atoms with Gasteiger partial charge in [-0.1, -0.05) is 18.2 Å². The number of benzene rings is 1. The summed E-state index contributed by atoms with van der Waals surface area (Å²) >= 11 is 2.85. The van der Waals surface area contributed by atoms with Gasteiger partial charge in [-0.3, -0.25) is 20.4 Å². The maximum Gasteiger partial charge on any atom is 0.358 e. The van der Waals surface area contributed by atoms with Crippen molar-refractivity contribution in [3.63, 3.8) is 0 Å². The molecular weight excluding hydrogens is 374 g/mol. The summed E-state index contributed by atoms with van der Waals surface area (Å²) in [4.78, 5) is 39.6. The van der Waals surface area contributed by atoms with E-state index in [1.807, 2.05) is 16.8 Å². The maximum absolute atomic E-state index is 11.9. The SMILES string of the molecule is O=C(COC(=O)c1csc(-c2ccsc2)n1)NNC(=O)c1ccccc1. The van der Waals surface area contributed by atoms with Crippen molar-refractivity contribution in [2.45, 2.75) is 0 Å². The first-order valence-corrected chi connectivity index (χ1v) is 9.25. The van der Waals surface area contributed by atoms with E-state index < -0.39 is 24.4 Å². The number of esters is 1. The molecule has 3 rings (SSSR count). The van der Waals surface area contributed by atoms with Crippen LogP contribution in [-0.2, 0) is 9.53 Å². The zero-order valence-corrected chi connectivity index (χ0v) is 14.9. The number of hydrogen-bond acceptors (Lipinski definition) is 7. The number of amides is 2. The standard InChI is InChI=1S/C17H13N3O4S2/c21-14(19-20-15(22)11-4-2-1-3-5-11)8-24-17(23)13-10-26-16(18-13)12-6-7-25-9-12/h1-7,9-10H,8H2,(H,19,21)(H,20,22). The number of rotatable bonds is 5. The van der Waals surface area contributed by atoms with Gasteiger partial charge in [0.15, 0.2) is 12.3 Å². The van der Waals surface area contributed by atoms with Gasteiger partial charge in [-0.25, -0.2) is 9.78 Å². The minimum absolute atomic E-state index is 0.136. The Hall–Kier alpha value is -3.04. The second kappa shape index (κ2) is 8.37. The van der Waals surface area contributed by atoms with E-state index in [2.05, 4.69) is 15.8 Å². The predicted octanol–water partition coefficient (Wildman–Crippen LogP) is 2.49. The third-order valence-electron chi connectivity index (χ3n) is 3.17. The fourth-order valence-corrected chi connectivity index (χ4v) is 3.42. The Morgan fingerprint density at radius 3 is 2.58 bits per heavy atom. The highest BCUT2D eigenvalue weighted by Gasteiger charge is 2.15. The largest absolute Gasteiger partial charge is 0.451 e. The summed E-state index contributed by atoms with van der Waals surface area (Å²) < 4.78 is 4.90.